The lowest BCUT2D eigenvalue weighted by Gasteiger charge is -2.21. The van der Waals surface area contributed by atoms with E-state index < -0.39 is 0 Å². The van der Waals surface area contributed by atoms with E-state index in [0.29, 0.717) is 5.92 Å². The fourth-order valence-corrected chi connectivity index (χ4v) is 3.03. The molecule has 2 rings (SSSR count). The van der Waals surface area contributed by atoms with E-state index in [1.165, 1.54) is 37.7 Å². The van der Waals surface area contributed by atoms with Gasteiger partial charge in [-0.3, -0.25) is 4.79 Å². The standard InChI is InChI=1S/C21H31NO2/c23-21(22-18-20-14-16-24-17-15-20)13-9-4-2-1-3-6-10-19-11-7-5-8-12-19/h5,7-9,11-13,20H,1-4,6,10,14-18H2,(H,22,23)/b13-9+. The Morgan fingerprint density at radius 2 is 1.83 bits per heavy atom. The molecule has 1 aromatic rings. The third-order valence-corrected chi connectivity index (χ3v) is 4.60. The molecule has 0 bridgehead atoms. The number of carbonyl (C=O) groups excluding carboxylic acids is 1. The lowest BCUT2D eigenvalue weighted by molar-refractivity contribution is -0.116. The molecule has 1 fully saturated rings. The molecule has 3 nitrogen and oxygen atoms in total. The van der Waals surface area contributed by atoms with Crippen molar-refractivity contribution in [2.24, 2.45) is 5.92 Å². The SMILES string of the molecule is O=C(/C=C/CCCCCCc1ccccc1)NCC1CCOCC1. The predicted molar refractivity (Wildman–Crippen MR) is 98.9 cm³/mol. The maximum atomic E-state index is 11.7. The largest absolute Gasteiger partial charge is 0.381 e. The average Bonchev–Trinajstić information content (AvgIpc) is 2.64. The van der Waals surface area contributed by atoms with Gasteiger partial charge in [-0.25, -0.2) is 0 Å². The maximum Gasteiger partial charge on any atom is 0.243 e. The van der Waals surface area contributed by atoms with Gasteiger partial charge in [0.1, 0.15) is 0 Å². The van der Waals surface area contributed by atoms with Gasteiger partial charge in [-0.15, -0.1) is 0 Å². The highest BCUT2D eigenvalue weighted by Crippen LogP contribution is 2.13. The number of carbonyl (C=O) groups is 1. The van der Waals surface area contributed by atoms with Gasteiger partial charge in [0.2, 0.25) is 5.91 Å². The van der Waals surface area contributed by atoms with Crippen molar-refractivity contribution in [3.05, 3.63) is 48.0 Å². The van der Waals surface area contributed by atoms with Crippen LogP contribution in [0.4, 0.5) is 0 Å². The highest BCUT2D eigenvalue weighted by Gasteiger charge is 2.13. The molecule has 0 unspecified atom stereocenters. The quantitative estimate of drug-likeness (QED) is 0.514. The van der Waals surface area contributed by atoms with Crippen molar-refractivity contribution in [2.75, 3.05) is 19.8 Å². The average molecular weight is 329 g/mol. The molecule has 1 saturated heterocycles. The summed E-state index contributed by atoms with van der Waals surface area (Å²) in [6.45, 7) is 2.45. The number of allylic oxidation sites excluding steroid dienone is 1. The number of benzene rings is 1. The van der Waals surface area contributed by atoms with Crippen LogP contribution in [-0.2, 0) is 16.0 Å². The molecule has 0 aliphatic carbocycles. The van der Waals surface area contributed by atoms with Crippen LogP contribution in [0.1, 0.15) is 50.5 Å². The first-order chi connectivity index (χ1) is 11.8. The number of amides is 1. The Labute approximate surface area is 146 Å². The van der Waals surface area contributed by atoms with E-state index in [9.17, 15) is 4.79 Å². The molecule has 0 saturated carbocycles. The van der Waals surface area contributed by atoms with Crippen molar-refractivity contribution in [3.8, 4) is 0 Å². The minimum Gasteiger partial charge on any atom is -0.381 e. The van der Waals surface area contributed by atoms with Crippen LogP contribution in [0.2, 0.25) is 0 Å². The fraction of sp³-hybridized carbons (Fsp3) is 0.571. The summed E-state index contributed by atoms with van der Waals surface area (Å²) < 4.78 is 5.32. The van der Waals surface area contributed by atoms with Gasteiger partial charge in [0.15, 0.2) is 0 Å². The van der Waals surface area contributed by atoms with Crippen LogP contribution in [0, 0.1) is 5.92 Å². The molecule has 1 N–H and O–H groups in total. The molecular formula is C21H31NO2. The zero-order valence-electron chi connectivity index (χ0n) is 14.7. The third kappa shape index (κ3) is 8.30. The maximum absolute atomic E-state index is 11.7. The molecule has 1 amide bonds. The number of aryl methyl sites for hydroxylation is 1. The number of hydrogen-bond donors (Lipinski definition) is 1. The van der Waals surface area contributed by atoms with E-state index in [-0.39, 0.29) is 5.91 Å². The van der Waals surface area contributed by atoms with Crippen LogP contribution < -0.4 is 5.32 Å². The van der Waals surface area contributed by atoms with Gasteiger partial charge in [0, 0.05) is 19.8 Å². The van der Waals surface area contributed by atoms with Crippen LogP contribution in [0.25, 0.3) is 0 Å². The fourth-order valence-electron chi connectivity index (χ4n) is 3.03. The number of nitrogens with one attached hydrogen (secondary N) is 1. The molecule has 1 aromatic carbocycles. The highest BCUT2D eigenvalue weighted by molar-refractivity contribution is 5.87. The number of unbranched alkanes of at least 4 members (excludes halogenated alkanes) is 4. The van der Waals surface area contributed by atoms with E-state index in [1.807, 2.05) is 6.08 Å². The van der Waals surface area contributed by atoms with Gasteiger partial charge in [0.05, 0.1) is 0 Å². The Kier molecular flexibility index (Phi) is 9.25. The summed E-state index contributed by atoms with van der Waals surface area (Å²) in [6, 6.07) is 10.7. The van der Waals surface area contributed by atoms with Crippen LogP contribution in [-0.4, -0.2) is 25.7 Å². The second kappa shape index (κ2) is 11.9. The summed E-state index contributed by atoms with van der Waals surface area (Å²) in [7, 11) is 0. The van der Waals surface area contributed by atoms with E-state index >= 15 is 0 Å². The van der Waals surface area contributed by atoms with Gasteiger partial charge in [-0.1, -0.05) is 49.2 Å². The lowest BCUT2D eigenvalue weighted by atomic mass is 10.0. The Bertz CT molecular complexity index is 478. The molecule has 0 radical (unpaired) electrons. The number of ether oxygens (including phenoxy) is 1. The normalized spacial score (nSPS) is 15.7. The zero-order chi connectivity index (χ0) is 16.9. The Morgan fingerprint density at radius 1 is 1.08 bits per heavy atom. The van der Waals surface area contributed by atoms with Gasteiger partial charge in [0.25, 0.3) is 0 Å². The molecule has 0 spiro atoms. The minimum atomic E-state index is 0.0468. The summed E-state index contributed by atoms with van der Waals surface area (Å²) in [5, 5.41) is 3.00. The molecule has 0 atom stereocenters. The van der Waals surface area contributed by atoms with Crippen molar-refractivity contribution in [1.82, 2.24) is 5.32 Å². The van der Waals surface area contributed by atoms with Gasteiger partial charge < -0.3 is 10.1 Å². The summed E-state index contributed by atoms with van der Waals surface area (Å²) in [4.78, 5) is 11.7. The first-order valence-electron chi connectivity index (χ1n) is 9.40. The summed E-state index contributed by atoms with van der Waals surface area (Å²) >= 11 is 0. The predicted octanol–water partition coefficient (Wildman–Crippen LogP) is 4.28. The number of rotatable bonds is 10. The lowest BCUT2D eigenvalue weighted by Crippen LogP contribution is -2.31. The van der Waals surface area contributed by atoms with Gasteiger partial charge >= 0.3 is 0 Å². The van der Waals surface area contributed by atoms with E-state index in [4.69, 9.17) is 4.74 Å². The monoisotopic (exact) mass is 329 g/mol. The Morgan fingerprint density at radius 3 is 2.62 bits per heavy atom. The second-order valence-corrected chi connectivity index (χ2v) is 6.64. The zero-order valence-corrected chi connectivity index (χ0v) is 14.7. The first-order valence-corrected chi connectivity index (χ1v) is 9.40. The molecule has 1 aliphatic heterocycles. The van der Waals surface area contributed by atoms with Crippen molar-refractivity contribution in [2.45, 2.75) is 51.4 Å². The van der Waals surface area contributed by atoms with Gasteiger partial charge in [-0.2, -0.15) is 0 Å². The third-order valence-electron chi connectivity index (χ3n) is 4.60. The molecule has 1 heterocycles. The Hall–Kier alpha value is -1.61. The topological polar surface area (TPSA) is 38.3 Å². The summed E-state index contributed by atoms with van der Waals surface area (Å²) in [6.07, 6.45) is 12.9. The molecule has 0 aromatic heterocycles. The van der Waals surface area contributed by atoms with Crippen molar-refractivity contribution in [1.29, 1.82) is 0 Å². The molecular weight excluding hydrogens is 298 g/mol. The van der Waals surface area contributed by atoms with Crippen molar-refractivity contribution >= 4 is 5.91 Å². The second-order valence-electron chi connectivity index (χ2n) is 6.64. The highest BCUT2D eigenvalue weighted by atomic mass is 16.5. The van der Waals surface area contributed by atoms with Crippen LogP contribution >= 0.6 is 0 Å². The van der Waals surface area contributed by atoms with Crippen molar-refractivity contribution < 1.29 is 9.53 Å². The smallest absolute Gasteiger partial charge is 0.243 e. The Balaban J connectivity index is 1.43. The summed E-state index contributed by atoms with van der Waals surface area (Å²) in [5.41, 5.74) is 1.43. The number of hydrogen-bond acceptors (Lipinski definition) is 2. The minimum absolute atomic E-state index is 0.0468. The van der Waals surface area contributed by atoms with Crippen LogP contribution in [0.3, 0.4) is 0 Å². The molecule has 3 heteroatoms. The van der Waals surface area contributed by atoms with E-state index in [2.05, 4.69) is 35.6 Å². The van der Waals surface area contributed by atoms with E-state index in [1.54, 1.807) is 6.08 Å². The van der Waals surface area contributed by atoms with Crippen molar-refractivity contribution in [3.63, 3.8) is 0 Å². The molecule has 24 heavy (non-hydrogen) atoms. The van der Waals surface area contributed by atoms with Gasteiger partial charge in [-0.05, 0) is 56.1 Å². The first kappa shape index (κ1) is 18.7. The molecule has 132 valence electrons. The summed E-state index contributed by atoms with van der Waals surface area (Å²) in [5.74, 6) is 0.631. The van der Waals surface area contributed by atoms with Crippen LogP contribution in [0.15, 0.2) is 42.5 Å². The van der Waals surface area contributed by atoms with Crippen LogP contribution in [0.5, 0.6) is 0 Å². The van der Waals surface area contributed by atoms with E-state index in [0.717, 1.165) is 39.0 Å². The molecule has 1 aliphatic rings.